The van der Waals surface area contributed by atoms with Crippen molar-refractivity contribution in [2.24, 2.45) is 5.41 Å². The van der Waals surface area contributed by atoms with E-state index in [9.17, 15) is 9.59 Å². The van der Waals surface area contributed by atoms with Crippen LogP contribution in [0, 0.1) is 5.41 Å². The van der Waals surface area contributed by atoms with Crippen LogP contribution in [0.15, 0.2) is 22.8 Å². The number of amides is 2. The minimum Gasteiger partial charge on any atom is -0.459 e. The van der Waals surface area contributed by atoms with E-state index >= 15 is 0 Å². The molecule has 0 saturated heterocycles. The van der Waals surface area contributed by atoms with E-state index in [0.29, 0.717) is 13.0 Å². The molecule has 0 radical (unpaired) electrons. The first-order chi connectivity index (χ1) is 9.85. The first kappa shape index (κ1) is 17.2. The highest BCUT2D eigenvalue weighted by atomic mass is 16.3. The van der Waals surface area contributed by atoms with Crippen LogP contribution in [0.25, 0.3) is 0 Å². The van der Waals surface area contributed by atoms with Crippen LogP contribution >= 0.6 is 0 Å². The van der Waals surface area contributed by atoms with Gasteiger partial charge in [-0.15, -0.1) is 0 Å². The van der Waals surface area contributed by atoms with E-state index in [1.54, 1.807) is 13.0 Å². The standard InChI is InChI=1S/C15H24N2O4/c1-11(17-14(20)12-6-4-9-21-12)13(19)16-10-15(2,3)7-5-8-18/h4,6,9,11,18H,5,7-8,10H2,1-3H3,(H,16,19)(H,17,20). The Hall–Kier alpha value is -1.82. The van der Waals surface area contributed by atoms with Crippen LogP contribution in [0.5, 0.6) is 0 Å². The van der Waals surface area contributed by atoms with Crippen LogP contribution in [0.3, 0.4) is 0 Å². The van der Waals surface area contributed by atoms with E-state index in [-0.39, 0.29) is 23.7 Å². The average Bonchev–Trinajstić information content (AvgIpc) is 2.96. The number of furan rings is 1. The molecule has 0 aliphatic rings. The van der Waals surface area contributed by atoms with Crippen LogP contribution in [0.1, 0.15) is 44.2 Å². The number of rotatable bonds is 8. The Bertz CT molecular complexity index is 454. The Kier molecular flexibility index (Phi) is 6.42. The van der Waals surface area contributed by atoms with Gasteiger partial charge in [-0.2, -0.15) is 0 Å². The Labute approximate surface area is 124 Å². The number of aliphatic hydroxyl groups excluding tert-OH is 1. The van der Waals surface area contributed by atoms with Crippen molar-refractivity contribution in [2.45, 2.75) is 39.7 Å². The second-order valence-electron chi connectivity index (χ2n) is 5.88. The molecule has 1 atom stereocenters. The van der Waals surface area contributed by atoms with Gasteiger partial charge in [0.1, 0.15) is 6.04 Å². The van der Waals surface area contributed by atoms with Crippen molar-refractivity contribution in [3.63, 3.8) is 0 Å². The SMILES string of the molecule is CC(NC(=O)c1ccco1)C(=O)NCC(C)(C)CCCO. The van der Waals surface area contributed by atoms with Crippen molar-refractivity contribution >= 4 is 11.8 Å². The maximum Gasteiger partial charge on any atom is 0.287 e. The van der Waals surface area contributed by atoms with E-state index in [1.165, 1.54) is 12.3 Å². The monoisotopic (exact) mass is 296 g/mol. The minimum absolute atomic E-state index is 0.0941. The maximum absolute atomic E-state index is 12.0. The summed E-state index contributed by atoms with van der Waals surface area (Å²) in [6.45, 7) is 6.31. The van der Waals surface area contributed by atoms with Gasteiger partial charge in [0.2, 0.25) is 5.91 Å². The van der Waals surface area contributed by atoms with Gasteiger partial charge in [0.25, 0.3) is 5.91 Å². The van der Waals surface area contributed by atoms with Crippen LogP contribution in [-0.4, -0.2) is 36.1 Å². The molecule has 6 nitrogen and oxygen atoms in total. The van der Waals surface area contributed by atoms with Crippen LogP contribution < -0.4 is 10.6 Å². The van der Waals surface area contributed by atoms with Gasteiger partial charge in [0.05, 0.1) is 6.26 Å². The van der Waals surface area contributed by atoms with Gasteiger partial charge < -0.3 is 20.2 Å². The summed E-state index contributed by atoms with van der Waals surface area (Å²) in [5, 5.41) is 14.2. The average molecular weight is 296 g/mol. The Morgan fingerprint density at radius 3 is 2.71 bits per heavy atom. The van der Waals surface area contributed by atoms with E-state index in [4.69, 9.17) is 9.52 Å². The van der Waals surface area contributed by atoms with Gasteiger partial charge in [-0.3, -0.25) is 9.59 Å². The number of carbonyl (C=O) groups is 2. The molecule has 3 N–H and O–H groups in total. The summed E-state index contributed by atoms with van der Waals surface area (Å²) in [4.78, 5) is 23.7. The Morgan fingerprint density at radius 2 is 2.14 bits per heavy atom. The summed E-state index contributed by atoms with van der Waals surface area (Å²) in [6.07, 6.45) is 2.92. The molecule has 1 aromatic heterocycles. The van der Waals surface area contributed by atoms with Crippen molar-refractivity contribution in [1.82, 2.24) is 10.6 Å². The maximum atomic E-state index is 12.0. The quantitative estimate of drug-likeness (QED) is 0.674. The molecule has 0 bridgehead atoms. The fourth-order valence-electron chi connectivity index (χ4n) is 1.87. The summed E-state index contributed by atoms with van der Waals surface area (Å²) >= 11 is 0. The third kappa shape index (κ3) is 5.99. The first-order valence-corrected chi connectivity index (χ1v) is 7.09. The third-order valence-corrected chi connectivity index (χ3v) is 3.24. The highest BCUT2D eigenvalue weighted by molar-refractivity contribution is 5.95. The molecular formula is C15H24N2O4. The highest BCUT2D eigenvalue weighted by Crippen LogP contribution is 2.20. The van der Waals surface area contributed by atoms with Crippen LogP contribution in [0.2, 0.25) is 0 Å². The summed E-state index contributed by atoms with van der Waals surface area (Å²) in [5.74, 6) is -0.480. The normalized spacial score (nSPS) is 12.8. The summed E-state index contributed by atoms with van der Waals surface area (Å²) < 4.78 is 4.97. The molecule has 0 aliphatic carbocycles. The molecule has 118 valence electrons. The van der Waals surface area contributed by atoms with Gasteiger partial charge in [-0.05, 0) is 37.3 Å². The lowest BCUT2D eigenvalue weighted by Crippen LogP contribution is -2.47. The Morgan fingerprint density at radius 1 is 1.43 bits per heavy atom. The number of carbonyl (C=O) groups excluding carboxylic acids is 2. The van der Waals surface area contributed by atoms with Crippen molar-refractivity contribution in [3.05, 3.63) is 24.2 Å². The van der Waals surface area contributed by atoms with Gasteiger partial charge in [-0.1, -0.05) is 13.8 Å². The first-order valence-electron chi connectivity index (χ1n) is 7.09. The van der Waals surface area contributed by atoms with Gasteiger partial charge in [0, 0.05) is 13.2 Å². The van der Waals surface area contributed by atoms with Crippen molar-refractivity contribution in [2.75, 3.05) is 13.2 Å². The van der Waals surface area contributed by atoms with Crippen molar-refractivity contribution < 1.29 is 19.1 Å². The topological polar surface area (TPSA) is 91.6 Å². The molecule has 0 saturated carbocycles. The fourth-order valence-corrected chi connectivity index (χ4v) is 1.87. The molecule has 0 aliphatic heterocycles. The molecule has 0 spiro atoms. The predicted molar refractivity (Wildman–Crippen MR) is 78.7 cm³/mol. The molecule has 21 heavy (non-hydrogen) atoms. The van der Waals surface area contributed by atoms with Gasteiger partial charge >= 0.3 is 0 Å². The van der Waals surface area contributed by atoms with Crippen molar-refractivity contribution in [1.29, 1.82) is 0 Å². The van der Waals surface area contributed by atoms with Gasteiger partial charge in [-0.25, -0.2) is 0 Å². The van der Waals surface area contributed by atoms with Gasteiger partial charge in [0.15, 0.2) is 5.76 Å². The largest absolute Gasteiger partial charge is 0.459 e. The smallest absolute Gasteiger partial charge is 0.287 e. The Balaban J connectivity index is 2.39. The zero-order valence-electron chi connectivity index (χ0n) is 12.8. The van der Waals surface area contributed by atoms with E-state index in [2.05, 4.69) is 10.6 Å². The molecule has 2 amide bonds. The molecular weight excluding hydrogens is 272 g/mol. The second kappa shape index (κ2) is 7.83. The molecule has 6 heteroatoms. The summed E-state index contributed by atoms with van der Waals surface area (Å²) in [7, 11) is 0. The van der Waals surface area contributed by atoms with E-state index in [1.807, 2.05) is 13.8 Å². The summed E-state index contributed by atoms with van der Waals surface area (Å²) in [6, 6.07) is 2.51. The number of aliphatic hydroxyl groups is 1. The minimum atomic E-state index is -0.642. The highest BCUT2D eigenvalue weighted by Gasteiger charge is 2.22. The molecule has 1 rings (SSSR count). The molecule has 0 fully saturated rings. The van der Waals surface area contributed by atoms with Crippen molar-refractivity contribution in [3.8, 4) is 0 Å². The van der Waals surface area contributed by atoms with Crippen LogP contribution in [-0.2, 0) is 4.79 Å². The molecule has 1 heterocycles. The predicted octanol–water partition coefficient (Wildman–Crippen LogP) is 1.31. The van der Waals surface area contributed by atoms with Crippen LogP contribution in [0.4, 0.5) is 0 Å². The number of hydrogen-bond acceptors (Lipinski definition) is 4. The van der Waals surface area contributed by atoms with E-state index in [0.717, 1.165) is 6.42 Å². The number of nitrogens with one attached hydrogen (secondary N) is 2. The molecule has 0 aromatic carbocycles. The zero-order chi connectivity index (χ0) is 15.9. The van der Waals surface area contributed by atoms with E-state index < -0.39 is 11.9 Å². The molecule has 1 unspecified atom stereocenters. The number of hydrogen-bond donors (Lipinski definition) is 3. The summed E-state index contributed by atoms with van der Waals surface area (Å²) in [5.41, 5.74) is -0.0941. The second-order valence-corrected chi connectivity index (χ2v) is 5.88. The fraction of sp³-hybridized carbons (Fsp3) is 0.600. The third-order valence-electron chi connectivity index (χ3n) is 3.24. The lowest BCUT2D eigenvalue weighted by Gasteiger charge is -2.25. The zero-order valence-corrected chi connectivity index (χ0v) is 12.8. The lowest BCUT2D eigenvalue weighted by molar-refractivity contribution is -0.123. The lowest BCUT2D eigenvalue weighted by atomic mass is 9.88. The molecule has 1 aromatic rings.